The Hall–Kier alpha value is -0.390. The number of nitrogens with one attached hydrogen (secondary N) is 2. The molecule has 0 bridgehead atoms. The van der Waals surface area contributed by atoms with E-state index in [1.165, 1.54) is 0 Å². The van der Waals surface area contributed by atoms with Gasteiger partial charge in [-0.05, 0) is 41.2 Å². The van der Waals surface area contributed by atoms with E-state index >= 15 is 0 Å². The highest BCUT2D eigenvalue weighted by atomic mass is 79.9. The fraction of sp³-hybridized carbons (Fsp3) is 0.300. The molecule has 0 aliphatic carbocycles. The molecule has 1 amide bonds. The van der Waals surface area contributed by atoms with Gasteiger partial charge >= 0.3 is 0 Å². The van der Waals surface area contributed by atoms with E-state index in [2.05, 4.69) is 42.5 Å². The van der Waals surface area contributed by atoms with Crippen LogP contribution in [0.4, 0.5) is 0 Å². The zero-order chi connectivity index (χ0) is 11.3. The molecule has 0 fully saturated rings. The van der Waals surface area contributed by atoms with Crippen LogP contribution in [0.15, 0.2) is 27.1 Å². The molecule has 5 heteroatoms. The summed E-state index contributed by atoms with van der Waals surface area (Å²) < 4.78 is 1.69. The summed E-state index contributed by atoms with van der Waals surface area (Å²) in [5.41, 5.74) is 0.639. The smallest absolute Gasteiger partial charge is 0.252 e. The molecular weight excluding hydrogens is 324 g/mol. The van der Waals surface area contributed by atoms with E-state index in [-0.39, 0.29) is 5.91 Å². The van der Waals surface area contributed by atoms with Crippen LogP contribution >= 0.6 is 31.9 Å². The van der Waals surface area contributed by atoms with Crippen LogP contribution < -0.4 is 10.6 Å². The summed E-state index contributed by atoms with van der Waals surface area (Å²) in [6, 6.07) is 5.52. The van der Waals surface area contributed by atoms with Crippen molar-refractivity contribution in [2.45, 2.75) is 0 Å². The number of benzene rings is 1. The van der Waals surface area contributed by atoms with Gasteiger partial charge in [0.2, 0.25) is 0 Å². The van der Waals surface area contributed by atoms with E-state index in [1.807, 2.05) is 19.2 Å². The van der Waals surface area contributed by atoms with Crippen LogP contribution in [0.5, 0.6) is 0 Å². The number of rotatable bonds is 4. The molecule has 3 nitrogen and oxygen atoms in total. The van der Waals surface area contributed by atoms with Crippen LogP contribution in [0.3, 0.4) is 0 Å². The van der Waals surface area contributed by atoms with Crippen molar-refractivity contribution in [2.24, 2.45) is 0 Å². The molecule has 1 rings (SSSR count). The maximum atomic E-state index is 11.7. The Bertz CT molecular complexity index is 355. The van der Waals surface area contributed by atoms with Crippen molar-refractivity contribution in [2.75, 3.05) is 20.1 Å². The molecule has 0 atom stereocenters. The van der Waals surface area contributed by atoms with Gasteiger partial charge in [0.1, 0.15) is 0 Å². The second-order valence-electron chi connectivity index (χ2n) is 2.98. The van der Waals surface area contributed by atoms with Crippen molar-refractivity contribution in [3.8, 4) is 0 Å². The minimum atomic E-state index is -0.0709. The third-order valence-electron chi connectivity index (χ3n) is 1.83. The average molecular weight is 336 g/mol. The Labute approximate surface area is 106 Å². The molecule has 0 heterocycles. The van der Waals surface area contributed by atoms with Crippen molar-refractivity contribution >= 4 is 37.8 Å². The summed E-state index contributed by atoms with van der Waals surface area (Å²) >= 11 is 6.68. The quantitative estimate of drug-likeness (QED) is 0.828. The van der Waals surface area contributed by atoms with E-state index in [0.717, 1.165) is 15.5 Å². The lowest BCUT2D eigenvalue weighted by atomic mass is 10.2. The molecule has 0 radical (unpaired) electrons. The SMILES string of the molecule is CNCCNC(=O)c1cc(Br)ccc1Br. The molecule has 1 aromatic rings. The van der Waals surface area contributed by atoms with Gasteiger partial charge in [0.15, 0.2) is 0 Å². The number of likely N-dealkylation sites (N-methyl/N-ethyl adjacent to an activating group) is 1. The summed E-state index contributed by atoms with van der Waals surface area (Å²) in [5, 5.41) is 5.78. The summed E-state index contributed by atoms with van der Waals surface area (Å²) in [6.45, 7) is 1.38. The van der Waals surface area contributed by atoms with Crippen molar-refractivity contribution in [3.05, 3.63) is 32.7 Å². The normalized spacial score (nSPS) is 10.1. The van der Waals surface area contributed by atoms with Crippen LogP contribution in [0.2, 0.25) is 0 Å². The Morgan fingerprint density at radius 2 is 2.07 bits per heavy atom. The molecule has 0 spiro atoms. The van der Waals surface area contributed by atoms with Gasteiger partial charge in [0.05, 0.1) is 5.56 Å². The molecule has 0 aliphatic heterocycles. The fourth-order valence-corrected chi connectivity index (χ4v) is 1.86. The molecule has 0 saturated carbocycles. The first-order valence-corrected chi connectivity index (χ1v) is 6.11. The van der Waals surface area contributed by atoms with Gasteiger partial charge in [0.25, 0.3) is 5.91 Å². The Morgan fingerprint density at radius 1 is 1.33 bits per heavy atom. The average Bonchev–Trinajstić information content (AvgIpc) is 2.22. The molecule has 15 heavy (non-hydrogen) atoms. The first kappa shape index (κ1) is 12.7. The second kappa shape index (κ2) is 6.25. The minimum Gasteiger partial charge on any atom is -0.351 e. The lowest BCUT2D eigenvalue weighted by Gasteiger charge is -2.06. The van der Waals surface area contributed by atoms with Crippen molar-refractivity contribution < 1.29 is 4.79 Å². The van der Waals surface area contributed by atoms with E-state index in [4.69, 9.17) is 0 Å². The van der Waals surface area contributed by atoms with Crippen LogP contribution in [-0.4, -0.2) is 26.0 Å². The molecule has 0 aromatic heterocycles. The van der Waals surface area contributed by atoms with E-state index in [1.54, 1.807) is 6.07 Å². The van der Waals surface area contributed by atoms with Crippen molar-refractivity contribution in [1.29, 1.82) is 0 Å². The van der Waals surface area contributed by atoms with Gasteiger partial charge in [-0.3, -0.25) is 4.79 Å². The van der Waals surface area contributed by atoms with E-state index < -0.39 is 0 Å². The molecule has 0 saturated heterocycles. The second-order valence-corrected chi connectivity index (χ2v) is 4.75. The number of carbonyl (C=O) groups excluding carboxylic acids is 1. The first-order valence-electron chi connectivity index (χ1n) is 4.53. The topological polar surface area (TPSA) is 41.1 Å². The van der Waals surface area contributed by atoms with Crippen LogP contribution in [0.25, 0.3) is 0 Å². The summed E-state index contributed by atoms with van der Waals surface area (Å²) in [5.74, 6) is -0.0709. The number of hydrogen-bond donors (Lipinski definition) is 2. The van der Waals surface area contributed by atoms with Gasteiger partial charge < -0.3 is 10.6 Å². The van der Waals surface area contributed by atoms with Gasteiger partial charge in [-0.1, -0.05) is 15.9 Å². The Balaban J connectivity index is 2.68. The van der Waals surface area contributed by atoms with Gasteiger partial charge in [0, 0.05) is 22.0 Å². The predicted molar refractivity (Wildman–Crippen MR) is 68.1 cm³/mol. The van der Waals surface area contributed by atoms with Crippen LogP contribution in [-0.2, 0) is 0 Å². The largest absolute Gasteiger partial charge is 0.351 e. The maximum Gasteiger partial charge on any atom is 0.252 e. The fourth-order valence-electron chi connectivity index (χ4n) is 1.07. The molecule has 0 unspecified atom stereocenters. The van der Waals surface area contributed by atoms with Gasteiger partial charge in [-0.25, -0.2) is 0 Å². The highest BCUT2D eigenvalue weighted by Gasteiger charge is 2.09. The molecule has 2 N–H and O–H groups in total. The zero-order valence-electron chi connectivity index (χ0n) is 8.31. The standard InChI is InChI=1S/C10H12Br2N2O/c1-13-4-5-14-10(15)8-6-7(11)2-3-9(8)12/h2-3,6,13H,4-5H2,1H3,(H,14,15). The van der Waals surface area contributed by atoms with Crippen molar-refractivity contribution in [1.82, 2.24) is 10.6 Å². The first-order chi connectivity index (χ1) is 7.15. The summed E-state index contributed by atoms with van der Waals surface area (Å²) in [6.07, 6.45) is 0. The minimum absolute atomic E-state index is 0.0709. The monoisotopic (exact) mass is 334 g/mol. The highest BCUT2D eigenvalue weighted by Crippen LogP contribution is 2.21. The molecule has 82 valence electrons. The van der Waals surface area contributed by atoms with Crippen LogP contribution in [0, 0.1) is 0 Å². The number of carbonyl (C=O) groups is 1. The third kappa shape index (κ3) is 3.93. The molecule has 0 aliphatic rings. The summed E-state index contributed by atoms with van der Waals surface area (Å²) in [4.78, 5) is 11.7. The molecule has 1 aromatic carbocycles. The van der Waals surface area contributed by atoms with E-state index in [9.17, 15) is 4.79 Å². The van der Waals surface area contributed by atoms with E-state index in [0.29, 0.717) is 12.1 Å². The lowest BCUT2D eigenvalue weighted by Crippen LogP contribution is -2.30. The number of halogens is 2. The van der Waals surface area contributed by atoms with Crippen molar-refractivity contribution in [3.63, 3.8) is 0 Å². The third-order valence-corrected chi connectivity index (χ3v) is 3.02. The Morgan fingerprint density at radius 3 is 2.73 bits per heavy atom. The highest BCUT2D eigenvalue weighted by molar-refractivity contribution is 9.11. The molecular formula is C10H12Br2N2O. The maximum absolute atomic E-state index is 11.7. The summed E-state index contributed by atoms with van der Waals surface area (Å²) in [7, 11) is 1.85. The Kier molecular flexibility index (Phi) is 5.28. The number of amides is 1. The predicted octanol–water partition coefficient (Wildman–Crippen LogP) is 2.16. The van der Waals surface area contributed by atoms with Gasteiger partial charge in [-0.15, -0.1) is 0 Å². The van der Waals surface area contributed by atoms with Crippen LogP contribution in [0.1, 0.15) is 10.4 Å². The number of hydrogen-bond acceptors (Lipinski definition) is 2. The zero-order valence-corrected chi connectivity index (χ0v) is 11.5. The lowest BCUT2D eigenvalue weighted by molar-refractivity contribution is 0.0953. The van der Waals surface area contributed by atoms with Gasteiger partial charge in [-0.2, -0.15) is 0 Å².